The van der Waals surface area contributed by atoms with Crippen LogP contribution in [0.3, 0.4) is 0 Å². The number of aromatic amines is 1. The van der Waals surface area contributed by atoms with E-state index in [-0.39, 0.29) is 5.82 Å². The van der Waals surface area contributed by atoms with Gasteiger partial charge in [-0.25, -0.2) is 4.39 Å². The Morgan fingerprint density at radius 1 is 1.42 bits per heavy atom. The first-order chi connectivity index (χ1) is 12.5. The molecule has 1 aromatic heterocycles. The highest BCUT2D eigenvalue weighted by Crippen LogP contribution is 2.37. The number of rotatable bonds is 6. The lowest BCUT2D eigenvalue weighted by Gasteiger charge is -2.42. The van der Waals surface area contributed by atoms with Crippen LogP contribution in [0.2, 0.25) is 0 Å². The van der Waals surface area contributed by atoms with Crippen LogP contribution in [0, 0.1) is 11.2 Å². The van der Waals surface area contributed by atoms with Crippen LogP contribution in [0.25, 0.3) is 11.3 Å². The summed E-state index contributed by atoms with van der Waals surface area (Å²) in [7, 11) is 0. The van der Waals surface area contributed by atoms with Crippen molar-refractivity contribution in [2.45, 2.75) is 38.8 Å². The van der Waals surface area contributed by atoms with E-state index in [4.69, 9.17) is 0 Å². The van der Waals surface area contributed by atoms with E-state index in [9.17, 15) is 19.4 Å². The number of aliphatic carboxylic acids is 1. The molecule has 6 nitrogen and oxygen atoms in total. The van der Waals surface area contributed by atoms with Crippen molar-refractivity contribution >= 4 is 5.97 Å². The number of nitrogens with one attached hydrogen (secondary N) is 1. The van der Waals surface area contributed by atoms with Gasteiger partial charge in [0.2, 0.25) is 0 Å². The fraction of sp³-hybridized carbons (Fsp3) is 0.474. The largest absolute Gasteiger partial charge is 0.481 e. The van der Waals surface area contributed by atoms with Crippen molar-refractivity contribution < 1.29 is 19.4 Å². The number of carbonyl (C=O) groups is 1. The average molecular weight is 361 g/mol. The van der Waals surface area contributed by atoms with Gasteiger partial charge in [0.05, 0.1) is 23.4 Å². The molecule has 2 atom stereocenters. The number of hydrogen-bond acceptors (Lipinski definition) is 4. The van der Waals surface area contributed by atoms with E-state index in [2.05, 4.69) is 10.2 Å². The SMILES string of the molecule is CCC[C@]1(C(=O)O)CCN(Cc2cn[nH]c2-c2ccc(F)cc2)C[C@@H]1O. The smallest absolute Gasteiger partial charge is 0.312 e. The highest BCUT2D eigenvalue weighted by Gasteiger charge is 2.47. The summed E-state index contributed by atoms with van der Waals surface area (Å²) in [5, 5.41) is 27.2. The molecule has 0 unspecified atom stereocenters. The van der Waals surface area contributed by atoms with Crippen molar-refractivity contribution in [2.75, 3.05) is 13.1 Å². The summed E-state index contributed by atoms with van der Waals surface area (Å²) in [6.07, 6.45) is 2.43. The second-order valence-electron chi connectivity index (χ2n) is 6.99. The molecule has 0 spiro atoms. The Hall–Kier alpha value is -2.25. The van der Waals surface area contributed by atoms with Gasteiger partial charge in [0.1, 0.15) is 5.82 Å². The Balaban J connectivity index is 1.73. The number of carboxylic acids is 1. The van der Waals surface area contributed by atoms with Crippen LogP contribution < -0.4 is 0 Å². The molecule has 1 aromatic carbocycles. The minimum Gasteiger partial charge on any atom is -0.481 e. The molecule has 26 heavy (non-hydrogen) atoms. The second-order valence-corrected chi connectivity index (χ2v) is 6.99. The fourth-order valence-electron chi connectivity index (χ4n) is 3.81. The third-order valence-electron chi connectivity index (χ3n) is 5.31. The summed E-state index contributed by atoms with van der Waals surface area (Å²) in [5.74, 6) is -1.21. The number of aromatic nitrogens is 2. The maximum Gasteiger partial charge on any atom is 0.312 e. The first-order valence-electron chi connectivity index (χ1n) is 8.88. The van der Waals surface area contributed by atoms with Crippen LogP contribution in [-0.2, 0) is 11.3 Å². The van der Waals surface area contributed by atoms with E-state index in [0.29, 0.717) is 32.5 Å². The topological polar surface area (TPSA) is 89.5 Å². The summed E-state index contributed by atoms with van der Waals surface area (Å²) in [6.45, 7) is 3.38. The average Bonchev–Trinajstić information content (AvgIpc) is 3.06. The molecule has 0 radical (unpaired) electrons. The minimum absolute atomic E-state index is 0.296. The molecule has 1 fully saturated rings. The van der Waals surface area contributed by atoms with Gasteiger partial charge < -0.3 is 10.2 Å². The van der Waals surface area contributed by atoms with E-state index < -0.39 is 17.5 Å². The molecule has 3 rings (SSSR count). The lowest BCUT2D eigenvalue weighted by Crippen LogP contribution is -2.54. The molecule has 3 N–H and O–H groups in total. The maximum absolute atomic E-state index is 13.1. The molecule has 140 valence electrons. The van der Waals surface area contributed by atoms with Gasteiger partial charge in [-0.1, -0.05) is 13.3 Å². The summed E-state index contributed by atoms with van der Waals surface area (Å²) in [6, 6.07) is 6.18. The van der Waals surface area contributed by atoms with Crippen molar-refractivity contribution in [3.63, 3.8) is 0 Å². The molecule has 0 aliphatic carbocycles. The standard InChI is InChI=1S/C19H24FN3O3/c1-2-7-19(18(25)26)8-9-23(12-16(19)24)11-14-10-21-22-17(14)13-3-5-15(20)6-4-13/h3-6,10,16,24H,2,7-9,11-12H2,1H3,(H,21,22)(H,25,26)/t16-,19-/m0/s1. The van der Waals surface area contributed by atoms with Crippen LogP contribution in [0.1, 0.15) is 31.7 Å². The zero-order valence-electron chi connectivity index (χ0n) is 14.8. The number of likely N-dealkylation sites (tertiary alicyclic amines) is 1. The zero-order chi connectivity index (χ0) is 18.7. The molecule has 2 aromatic rings. The lowest BCUT2D eigenvalue weighted by atomic mass is 9.72. The monoisotopic (exact) mass is 361 g/mol. The van der Waals surface area contributed by atoms with Crippen molar-refractivity contribution in [1.29, 1.82) is 0 Å². The van der Waals surface area contributed by atoms with Crippen molar-refractivity contribution in [3.05, 3.63) is 41.8 Å². The number of aliphatic hydroxyl groups is 1. The van der Waals surface area contributed by atoms with Crippen LogP contribution in [0.5, 0.6) is 0 Å². The third kappa shape index (κ3) is 3.50. The van der Waals surface area contributed by atoms with Crippen LogP contribution >= 0.6 is 0 Å². The first kappa shape index (κ1) is 18.5. The Bertz CT molecular complexity index is 762. The van der Waals surface area contributed by atoms with E-state index in [0.717, 1.165) is 23.2 Å². The van der Waals surface area contributed by atoms with Gasteiger partial charge in [0, 0.05) is 24.2 Å². The van der Waals surface area contributed by atoms with Gasteiger partial charge in [-0.15, -0.1) is 0 Å². The molecule has 0 saturated carbocycles. The highest BCUT2D eigenvalue weighted by molar-refractivity contribution is 5.75. The molecule has 0 bridgehead atoms. The maximum atomic E-state index is 13.1. The number of β-amino-alcohol motifs (C(OH)–C–C–N with tert-alkyl or cyclic N) is 1. The first-order valence-corrected chi connectivity index (χ1v) is 8.88. The highest BCUT2D eigenvalue weighted by atomic mass is 19.1. The molecule has 7 heteroatoms. The molecule has 1 aliphatic rings. The number of nitrogens with zero attached hydrogens (tertiary/aromatic N) is 2. The van der Waals surface area contributed by atoms with Gasteiger partial charge in [0.15, 0.2) is 0 Å². The predicted octanol–water partition coefficient (Wildman–Crippen LogP) is 2.65. The van der Waals surface area contributed by atoms with Crippen molar-refractivity contribution in [1.82, 2.24) is 15.1 Å². The van der Waals surface area contributed by atoms with Crippen LogP contribution in [0.15, 0.2) is 30.5 Å². The van der Waals surface area contributed by atoms with Crippen LogP contribution in [0.4, 0.5) is 4.39 Å². The molecule has 0 amide bonds. The van der Waals surface area contributed by atoms with E-state index in [1.54, 1.807) is 18.3 Å². The quantitative estimate of drug-likeness (QED) is 0.736. The molecular weight excluding hydrogens is 337 g/mol. The Kier molecular flexibility index (Phi) is 5.38. The number of aliphatic hydroxyl groups excluding tert-OH is 1. The van der Waals surface area contributed by atoms with Gasteiger partial charge in [-0.3, -0.25) is 14.8 Å². The van der Waals surface area contributed by atoms with E-state index in [1.807, 2.05) is 11.8 Å². The Labute approximate surface area is 151 Å². The summed E-state index contributed by atoms with van der Waals surface area (Å²) >= 11 is 0. The van der Waals surface area contributed by atoms with Crippen molar-refractivity contribution in [2.24, 2.45) is 5.41 Å². The predicted molar refractivity (Wildman–Crippen MR) is 94.9 cm³/mol. The van der Waals surface area contributed by atoms with Gasteiger partial charge >= 0.3 is 5.97 Å². The number of hydrogen-bond donors (Lipinski definition) is 3. The fourth-order valence-corrected chi connectivity index (χ4v) is 3.81. The normalized spacial score (nSPS) is 23.9. The summed E-state index contributed by atoms with van der Waals surface area (Å²) in [5.41, 5.74) is 1.52. The van der Waals surface area contributed by atoms with Crippen LogP contribution in [-0.4, -0.2) is 50.5 Å². The van der Waals surface area contributed by atoms with E-state index in [1.165, 1.54) is 12.1 Å². The number of benzene rings is 1. The van der Waals surface area contributed by atoms with Gasteiger partial charge in [-0.05, 0) is 43.7 Å². The molecular formula is C19H24FN3O3. The summed E-state index contributed by atoms with van der Waals surface area (Å²) in [4.78, 5) is 13.8. The van der Waals surface area contributed by atoms with Crippen molar-refractivity contribution in [3.8, 4) is 11.3 Å². The molecule has 2 heterocycles. The number of halogens is 1. The minimum atomic E-state index is -1.05. The lowest BCUT2D eigenvalue weighted by molar-refractivity contribution is -0.164. The number of piperidine rings is 1. The third-order valence-corrected chi connectivity index (χ3v) is 5.31. The Morgan fingerprint density at radius 2 is 2.15 bits per heavy atom. The van der Waals surface area contributed by atoms with Gasteiger partial charge in [0.25, 0.3) is 0 Å². The van der Waals surface area contributed by atoms with E-state index >= 15 is 0 Å². The number of carboxylic acid groups (broad SMARTS) is 1. The zero-order valence-corrected chi connectivity index (χ0v) is 14.8. The summed E-state index contributed by atoms with van der Waals surface area (Å²) < 4.78 is 13.1. The molecule has 1 saturated heterocycles. The Morgan fingerprint density at radius 3 is 2.77 bits per heavy atom. The second kappa shape index (κ2) is 7.55. The number of H-pyrrole nitrogens is 1. The molecule has 1 aliphatic heterocycles. The van der Waals surface area contributed by atoms with Gasteiger partial charge in [-0.2, -0.15) is 5.10 Å².